The van der Waals surface area contributed by atoms with Crippen LogP contribution in [0.2, 0.25) is 0 Å². The van der Waals surface area contributed by atoms with Gasteiger partial charge in [-0.15, -0.1) is 0 Å². The highest BCUT2D eigenvalue weighted by Gasteiger charge is 2.35. The van der Waals surface area contributed by atoms with Crippen molar-refractivity contribution < 1.29 is 9.59 Å². The lowest BCUT2D eigenvalue weighted by Gasteiger charge is -2.23. The van der Waals surface area contributed by atoms with Gasteiger partial charge in [0, 0.05) is 18.8 Å². The molecule has 2 aromatic heterocycles. The Bertz CT molecular complexity index is 626. The third-order valence-corrected chi connectivity index (χ3v) is 3.46. The molecular weight excluding hydrogens is 270 g/mol. The smallest absolute Gasteiger partial charge is 0.273 e. The molecule has 0 unspecified atom stereocenters. The number of likely N-dealkylation sites (tertiary alicyclic amines) is 1. The summed E-state index contributed by atoms with van der Waals surface area (Å²) in [6.45, 7) is 0.566. The molecular formula is C14H15N5O2. The summed E-state index contributed by atoms with van der Waals surface area (Å²) >= 11 is 0. The topological polar surface area (TPSA) is 91.0 Å². The molecule has 0 saturated carbocycles. The summed E-state index contributed by atoms with van der Waals surface area (Å²) in [5, 5.41) is 9.17. The van der Waals surface area contributed by atoms with Crippen LogP contribution in [0.4, 0.5) is 5.82 Å². The monoisotopic (exact) mass is 285 g/mol. The predicted molar refractivity (Wildman–Crippen MR) is 75.5 cm³/mol. The fourth-order valence-electron chi connectivity index (χ4n) is 2.46. The predicted octanol–water partition coefficient (Wildman–Crippen LogP) is 1.05. The van der Waals surface area contributed by atoms with Crippen molar-refractivity contribution in [2.24, 2.45) is 0 Å². The van der Waals surface area contributed by atoms with Crippen LogP contribution in [-0.4, -0.2) is 44.5 Å². The number of aromatic amines is 1. The summed E-state index contributed by atoms with van der Waals surface area (Å²) in [4.78, 5) is 30.3. The minimum Gasteiger partial charge on any atom is -0.325 e. The van der Waals surface area contributed by atoms with Gasteiger partial charge in [0.15, 0.2) is 0 Å². The Balaban J connectivity index is 1.73. The standard InChI is InChI=1S/C14H15N5O2/c20-13(17-12-6-8-16-18-12)11-5-3-9-19(11)14(21)10-4-1-2-7-15-10/h1-2,4,6-8,11H,3,5,9H2,(H2,16,17,18,20)/t11-/m0/s1. The van der Waals surface area contributed by atoms with Gasteiger partial charge in [0.2, 0.25) is 5.91 Å². The highest BCUT2D eigenvalue weighted by Crippen LogP contribution is 2.20. The van der Waals surface area contributed by atoms with Gasteiger partial charge in [-0.25, -0.2) is 0 Å². The molecule has 108 valence electrons. The van der Waals surface area contributed by atoms with Crippen LogP contribution < -0.4 is 5.32 Å². The highest BCUT2D eigenvalue weighted by atomic mass is 16.2. The Kier molecular flexibility index (Phi) is 3.63. The number of carbonyl (C=O) groups is 2. The molecule has 1 aliphatic rings. The molecule has 0 spiro atoms. The molecule has 1 atom stereocenters. The first-order valence-corrected chi connectivity index (χ1v) is 6.78. The van der Waals surface area contributed by atoms with Gasteiger partial charge in [-0.1, -0.05) is 6.07 Å². The number of aromatic nitrogens is 3. The average molecular weight is 285 g/mol. The Labute approximate surface area is 121 Å². The fraction of sp³-hybridized carbons (Fsp3) is 0.286. The molecule has 21 heavy (non-hydrogen) atoms. The minimum atomic E-state index is -0.470. The lowest BCUT2D eigenvalue weighted by Crippen LogP contribution is -2.43. The molecule has 0 aliphatic carbocycles. The molecule has 2 amide bonds. The van der Waals surface area contributed by atoms with Crippen molar-refractivity contribution in [3.63, 3.8) is 0 Å². The summed E-state index contributed by atoms with van der Waals surface area (Å²) in [5.41, 5.74) is 0.360. The van der Waals surface area contributed by atoms with Crippen LogP contribution in [0.3, 0.4) is 0 Å². The largest absolute Gasteiger partial charge is 0.325 e. The second kappa shape index (κ2) is 5.74. The van der Waals surface area contributed by atoms with Crippen LogP contribution >= 0.6 is 0 Å². The maximum Gasteiger partial charge on any atom is 0.273 e. The Morgan fingerprint density at radius 2 is 2.19 bits per heavy atom. The number of nitrogens with zero attached hydrogens (tertiary/aromatic N) is 3. The third kappa shape index (κ3) is 2.76. The minimum absolute atomic E-state index is 0.207. The van der Waals surface area contributed by atoms with Gasteiger partial charge in [0.05, 0.1) is 6.20 Å². The van der Waals surface area contributed by atoms with Gasteiger partial charge in [-0.05, 0) is 25.0 Å². The maximum absolute atomic E-state index is 12.4. The number of amides is 2. The fourth-order valence-corrected chi connectivity index (χ4v) is 2.46. The van der Waals surface area contributed by atoms with Crippen LogP contribution in [0, 0.1) is 0 Å². The van der Waals surface area contributed by atoms with Crippen LogP contribution in [-0.2, 0) is 4.79 Å². The van der Waals surface area contributed by atoms with E-state index < -0.39 is 6.04 Å². The number of carbonyl (C=O) groups excluding carboxylic acids is 2. The van der Waals surface area contributed by atoms with Gasteiger partial charge in [0.25, 0.3) is 5.91 Å². The zero-order valence-corrected chi connectivity index (χ0v) is 11.3. The van der Waals surface area contributed by atoms with Crippen molar-refractivity contribution >= 4 is 17.6 Å². The Morgan fingerprint density at radius 3 is 2.90 bits per heavy atom. The van der Waals surface area contributed by atoms with Crippen LogP contribution in [0.15, 0.2) is 36.7 Å². The Morgan fingerprint density at radius 1 is 1.29 bits per heavy atom. The molecule has 1 aliphatic heterocycles. The van der Waals surface area contributed by atoms with E-state index in [1.165, 1.54) is 0 Å². The highest BCUT2D eigenvalue weighted by molar-refractivity contribution is 6.00. The summed E-state index contributed by atoms with van der Waals surface area (Å²) in [6.07, 6.45) is 4.59. The number of hydrogen-bond acceptors (Lipinski definition) is 4. The molecule has 7 nitrogen and oxygen atoms in total. The molecule has 2 aromatic rings. The van der Waals surface area contributed by atoms with Crippen LogP contribution in [0.1, 0.15) is 23.3 Å². The van der Waals surface area contributed by atoms with E-state index >= 15 is 0 Å². The van der Waals surface area contributed by atoms with E-state index in [-0.39, 0.29) is 11.8 Å². The van der Waals surface area contributed by atoms with E-state index in [0.29, 0.717) is 24.5 Å². The summed E-state index contributed by atoms with van der Waals surface area (Å²) in [7, 11) is 0. The number of H-pyrrole nitrogens is 1. The molecule has 2 N–H and O–H groups in total. The van der Waals surface area contributed by atoms with E-state index in [9.17, 15) is 9.59 Å². The van der Waals surface area contributed by atoms with Crippen molar-refractivity contribution in [2.75, 3.05) is 11.9 Å². The summed E-state index contributed by atoms with van der Waals surface area (Å²) in [6, 6.07) is 6.37. The molecule has 0 aromatic carbocycles. The zero-order chi connectivity index (χ0) is 14.7. The average Bonchev–Trinajstić information content (AvgIpc) is 3.18. The first kappa shape index (κ1) is 13.3. The first-order chi connectivity index (χ1) is 10.3. The molecule has 3 rings (SSSR count). The van der Waals surface area contributed by atoms with Crippen molar-refractivity contribution in [2.45, 2.75) is 18.9 Å². The normalized spacial score (nSPS) is 17.7. The number of rotatable bonds is 3. The van der Waals surface area contributed by atoms with E-state index in [4.69, 9.17) is 0 Å². The molecule has 7 heteroatoms. The lowest BCUT2D eigenvalue weighted by atomic mass is 10.2. The van der Waals surface area contributed by atoms with Gasteiger partial charge < -0.3 is 10.2 Å². The molecule has 1 saturated heterocycles. The number of pyridine rings is 1. The SMILES string of the molecule is O=C(Nc1ccn[nH]1)[C@@H]1CCCN1C(=O)c1ccccn1. The number of anilines is 1. The van der Waals surface area contributed by atoms with Crippen molar-refractivity contribution in [1.29, 1.82) is 0 Å². The van der Waals surface area contributed by atoms with Crippen LogP contribution in [0.5, 0.6) is 0 Å². The van der Waals surface area contributed by atoms with E-state index in [1.807, 2.05) is 0 Å². The van der Waals surface area contributed by atoms with Crippen molar-refractivity contribution in [3.05, 3.63) is 42.4 Å². The van der Waals surface area contributed by atoms with Gasteiger partial charge in [0.1, 0.15) is 17.6 Å². The summed E-state index contributed by atoms with van der Waals surface area (Å²) < 4.78 is 0. The molecule has 3 heterocycles. The first-order valence-electron chi connectivity index (χ1n) is 6.78. The molecule has 0 bridgehead atoms. The Hall–Kier alpha value is -2.70. The number of hydrogen-bond donors (Lipinski definition) is 2. The van der Waals surface area contributed by atoms with Gasteiger partial charge in [-0.3, -0.25) is 19.7 Å². The second-order valence-corrected chi connectivity index (χ2v) is 4.83. The van der Waals surface area contributed by atoms with Gasteiger partial charge >= 0.3 is 0 Å². The molecule has 1 fully saturated rings. The lowest BCUT2D eigenvalue weighted by molar-refractivity contribution is -0.119. The summed E-state index contributed by atoms with van der Waals surface area (Å²) in [5.74, 6) is 0.107. The van der Waals surface area contributed by atoms with Crippen molar-refractivity contribution in [1.82, 2.24) is 20.1 Å². The quantitative estimate of drug-likeness (QED) is 0.881. The van der Waals surface area contributed by atoms with E-state index in [1.54, 1.807) is 41.6 Å². The molecule has 0 radical (unpaired) electrons. The zero-order valence-electron chi connectivity index (χ0n) is 11.3. The maximum atomic E-state index is 12.4. The number of nitrogens with one attached hydrogen (secondary N) is 2. The second-order valence-electron chi connectivity index (χ2n) is 4.83. The van der Waals surface area contributed by atoms with E-state index in [2.05, 4.69) is 20.5 Å². The van der Waals surface area contributed by atoms with Crippen molar-refractivity contribution in [3.8, 4) is 0 Å². The third-order valence-electron chi connectivity index (χ3n) is 3.46. The van der Waals surface area contributed by atoms with Crippen LogP contribution in [0.25, 0.3) is 0 Å². The van der Waals surface area contributed by atoms with Gasteiger partial charge in [-0.2, -0.15) is 5.10 Å². The van der Waals surface area contributed by atoms with E-state index in [0.717, 1.165) is 6.42 Å².